The molecule has 0 aliphatic rings. The van der Waals surface area contributed by atoms with Gasteiger partial charge in [-0.15, -0.1) is 11.8 Å². The van der Waals surface area contributed by atoms with E-state index in [9.17, 15) is 4.79 Å². The van der Waals surface area contributed by atoms with E-state index in [1.807, 2.05) is 67.0 Å². The number of carbonyl (C=O) groups is 1. The lowest BCUT2D eigenvalue weighted by Gasteiger charge is -2.12. The van der Waals surface area contributed by atoms with Gasteiger partial charge in [0.1, 0.15) is 0 Å². The summed E-state index contributed by atoms with van der Waals surface area (Å²) in [5.41, 5.74) is 2.26. The highest BCUT2D eigenvalue weighted by atomic mass is 32.2. The van der Waals surface area contributed by atoms with Crippen molar-refractivity contribution in [3.63, 3.8) is 0 Å². The molecule has 0 aliphatic heterocycles. The molecule has 3 rings (SSSR count). The molecule has 0 radical (unpaired) electrons. The number of carbonyl (C=O) groups excluding carboxylic acids is 1. The molecule has 5 nitrogen and oxygen atoms in total. The molecule has 2 N–H and O–H groups in total. The molecule has 116 valence electrons. The van der Waals surface area contributed by atoms with Crippen molar-refractivity contribution < 1.29 is 4.79 Å². The van der Waals surface area contributed by atoms with Crippen LogP contribution in [0, 0.1) is 0 Å². The minimum atomic E-state index is -0.289. The first-order chi connectivity index (χ1) is 11.3. The predicted molar refractivity (Wildman–Crippen MR) is 94.4 cm³/mol. The number of hydrogen-bond donors (Lipinski definition) is 2. The van der Waals surface area contributed by atoms with E-state index in [2.05, 4.69) is 15.7 Å². The Morgan fingerprint density at radius 1 is 1.09 bits per heavy atom. The number of urea groups is 1. The van der Waals surface area contributed by atoms with Gasteiger partial charge in [-0.05, 0) is 42.7 Å². The van der Waals surface area contributed by atoms with Crippen molar-refractivity contribution in [1.82, 2.24) is 9.78 Å². The SMILES string of the molecule is CSc1cccc(NC(=O)Nc2ccccc2-n2cccn2)c1. The van der Waals surface area contributed by atoms with Gasteiger partial charge >= 0.3 is 6.03 Å². The zero-order valence-electron chi connectivity index (χ0n) is 12.6. The molecule has 0 saturated carbocycles. The Balaban J connectivity index is 1.76. The lowest BCUT2D eigenvalue weighted by Crippen LogP contribution is -2.20. The lowest BCUT2D eigenvalue weighted by molar-refractivity contribution is 0.262. The van der Waals surface area contributed by atoms with Crippen LogP contribution < -0.4 is 10.6 Å². The van der Waals surface area contributed by atoms with Crippen LogP contribution in [0.1, 0.15) is 0 Å². The number of rotatable bonds is 4. The van der Waals surface area contributed by atoms with E-state index in [1.165, 1.54) is 0 Å². The first-order valence-electron chi connectivity index (χ1n) is 7.07. The van der Waals surface area contributed by atoms with Gasteiger partial charge in [0, 0.05) is 23.0 Å². The van der Waals surface area contributed by atoms with E-state index in [1.54, 1.807) is 22.6 Å². The van der Waals surface area contributed by atoms with Crippen LogP contribution in [-0.2, 0) is 0 Å². The number of hydrogen-bond acceptors (Lipinski definition) is 3. The average Bonchev–Trinajstić information content (AvgIpc) is 3.10. The average molecular weight is 324 g/mol. The van der Waals surface area contributed by atoms with Crippen molar-refractivity contribution in [2.45, 2.75) is 4.90 Å². The van der Waals surface area contributed by atoms with Crippen LogP contribution in [0.5, 0.6) is 0 Å². The Morgan fingerprint density at radius 3 is 2.74 bits per heavy atom. The topological polar surface area (TPSA) is 59.0 Å². The van der Waals surface area contributed by atoms with Crippen LogP contribution in [-0.4, -0.2) is 22.1 Å². The highest BCUT2D eigenvalue weighted by molar-refractivity contribution is 7.98. The van der Waals surface area contributed by atoms with Gasteiger partial charge in [0.25, 0.3) is 0 Å². The molecule has 2 amide bonds. The fourth-order valence-electron chi connectivity index (χ4n) is 2.18. The van der Waals surface area contributed by atoms with Gasteiger partial charge in [-0.1, -0.05) is 18.2 Å². The minimum Gasteiger partial charge on any atom is -0.308 e. The quantitative estimate of drug-likeness (QED) is 0.706. The van der Waals surface area contributed by atoms with Crippen molar-refractivity contribution >= 4 is 29.2 Å². The molecule has 0 saturated heterocycles. The monoisotopic (exact) mass is 324 g/mol. The van der Waals surface area contributed by atoms with Crippen LogP contribution in [0.4, 0.5) is 16.2 Å². The van der Waals surface area contributed by atoms with E-state index in [0.29, 0.717) is 5.69 Å². The summed E-state index contributed by atoms with van der Waals surface area (Å²) in [6.07, 6.45) is 5.53. The van der Waals surface area contributed by atoms with Gasteiger partial charge in [-0.25, -0.2) is 9.48 Å². The number of para-hydroxylation sites is 2. The molecule has 0 unspecified atom stereocenters. The number of amides is 2. The lowest BCUT2D eigenvalue weighted by atomic mass is 10.2. The fraction of sp³-hybridized carbons (Fsp3) is 0.0588. The summed E-state index contributed by atoms with van der Waals surface area (Å²) < 4.78 is 1.71. The molecule has 0 atom stereocenters. The maximum atomic E-state index is 12.2. The van der Waals surface area contributed by atoms with Crippen molar-refractivity contribution in [3.8, 4) is 5.69 Å². The molecule has 2 aromatic carbocycles. The molecule has 23 heavy (non-hydrogen) atoms. The third kappa shape index (κ3) is 3.73. The number of nitrogens with zero attached hydrogens (tertiary/aromatic N) is 2. The Morgan fingerprint density at radius 2 is 1.96 bits per heavy atom. The summed E-state index contributed by atoms with van der Waals surface area (Å²) in [5, 5.41) is 9.91. The molecule has 1 aromatic heterocycles. The molecule has 0 spiro atoms. The summed E-state index contributed by atoms with van der Waals surface area (Å²) in [4.78, 5) is 13.3. The zero-order chi connectivity index (χ0) is 16.1. The Bertz CT molecular complexity index is 802. The summed E-state index contributed by atoms with van der Waals surface area (Å²) in [7, 11) is 0. The Hall–Kier alpha value is -2.73. The second-order valence-electron chi connectivity index (χ2n) is 4.78. The maximum Gasteiger partial charge on any atom is 0.323 e. The standard InChI is InChI=1S/C17H16N4OS/c1-23-14-7-4-6-13(12-14)19-17(22)20-15-8-2-3-9-16(15)21-11-5-10-18-21/h2-12H,1H3,(H2,19,20,22). The third-order valence-electron chi connectivity index (χ3n) is 3.23. The normalized spacial score (nSPS) is 10.3. The van der Waals surface area contributed by atoms with Crippen LogP contribution in [0.3, 0.4) is 0 Å². The maximum absolute atomic E-state index is 12.2. The van der Waals surface area contributed by atoms with Crippen molar-refractivity contribution in [1.29, 1.82) is 0 Å². The molecule has 0 aliphatic carbocycles. The Labute approximate surface area is 138 Å². The third-order valence-corrected chi connectivity index (χ3v) is 3.96. The molecule has 3 aromatic rings. The second kappa shape index (κ2) is 7.02. The highest BCUT2D eigenvalue weighted by Gasteiger charge is 2.08. The number of nitrogens with one attached hydrogen (secondary N) is 2. The number of thioether (sulfide) groups is 1. The van der Waals surface area contributed by atoms with Gasteiger partial charge in [0.2, 0.25) is 0 Å². The minimum absolute atomic E-state index is 0.289. The summed E-state index contributed by atoms with van der Waals surface area (Å²) in [6, 6.07) is 16.8. The molecule has 0 bridgehead atoms. The van der Waals surface area contributed by atoms with Crippen LogP contribution in [0.25, 0.3) is 5.69 Å². The summed E-state index contributed by atoms with van der Waals surface area (Å²) >= 11 is 1.63. The highest BCUT2D eigenvalue weighted by Crippen LogP contribution is 2.21. The van der Waals surface area contributed by atoms with Crippen LogP contribution >= 0.6 is 11.8 Å². The molecular weight excluding hydrogens is 308 g/mol. The fourth-order valence-corrected chi connectivity index (χ4v) is 2.64. The molecule has 6 heteroatoms. The summed E-state index contributed by atoms with van der Waals surface area (Å²) in [6.45, 7) is 0. The molecule has 0 fully saturated rings. The zero-order valence-corrected chi connectivity index (χ0v) is 13.4. The van der Waals surface area contributed by atoms with E-state index >= 15 is 0 Å². The van der Waals surface area contributed by atoms with Crippen molar-refractivity contribution in [3.05, 3.63) is 67.0 Å². The predicted octanol–water partition coefficient (Wildman–Crippen LogP) is 4.24. The second-order valence-corrected chi connectivity index (χ2v) is 5.66. The van der Waals surface area contributed by atoms with Crippen molar-refractivity contribution in [2.24, 2.45) is 0 Å². The Kier molecular flexibility index (Phi) is 4.63. The largest absolute Gasteiger partial charge is 0.323 e. The van der Waals surface area contributed by atoms with Gasteiger partial charge < -0.3 is 10.6 Å². The summed E-state index contributed by atoms with van der Waals surface area (Å²) in [5.74, 6) is 0. The van der Waals surface area contributed by atoms with Crippen LogP contribution in [0.15, 0.2) is 71.9 Å². The van der Waals surface area contributed by atoms with E-state index in [-0.39, 0.29) is 6.03 Å². The van der Waals surface area contributed by atoms with Gasteiger partial charge in [-0.2, -0.15) is 5.10 Å². The number of benzene rings is 2. The number of aromatic nitrogens is 2. The van der Waals surface area contributed by atoms with Gasteiger partial charge in [0.15, 0.2) is 0 Å². The molecular formula is C17H16N4OS. The van der Waals surface area contributed by atoms with Gasteiger partial charge in [-0.3, -0.25) is 0 Å². The first kappa shape index (κ1) is 15.2. The number of anilines is 2. The smallest absolute Gasteiger partial charge is 0.308 e. The van der Waals surface area contributed by atoms with Gasteiger partial charge in [0.05, 0.1) is 11.4 Å². The first-order valence-corrected chi connectivity index (χ1v) is 8.30. The van der Waals surface area contributed by atoms with E-state index in [4.69, 9.17) is 0 Å². The van der Waals surface area contributed by atoms with E-state index in [0.717, 1.165) is 16.3 Å². The van der Waals surface area contributed by atoms with Crippen LogP contribution in [0.2, 0.25) is 0 Å². The molecule has 1 heterocycles. The van der Waals surface area contributed by atoms with Crippen molar-refractivity contribution in [2.75, 3.05) is 16.9 Å². The van der Waals surface area contributed by atoms with E-state index < -0.39 is 0 Å².